The molecule has 0 N–H and O–H groups in total. The molecule has 0 aromatic carbocycles. The van der Waals surface area contributed by atoms with Gasteiger partial charge in [-0.1, -0.05) is 11.3 Å². The van der Waals surface area contributed by atoms with Crippen LogP contribution in [-0.4, -0.2) is 46.3 Å². The quantitative estimate of drug-likeness (QED) is 0.842. The van der Waals surface area contributed by atoms with Crippen LogP contribution in [0, 0.1) is 6.92 Å². The molecule has 1 fully saturated rings. The van der Waals surface area contributed by atoms with Crippen molar-refractivity contribution in [2.45, 2.75) is 32.6 Å². The average molecular weight is 316 g/mol. The van der Waals surface area contributed by atoms with Crippen LogP contribution in [0.25, 0.3) is 0 Å². The molecule has 2 aliphatic rings. The van der Waals surface area contributed by atoms with E-state index in [2.05, 4.69) is 30.0 Å². The van der Waals surface area contributed by atoms with Crippen molar-refractivity contribution in [1.82, 2.24) is 20.2 Å². The van der Waals surface area contributed by atoms with E-state index in [1.54, 1.807) is 17.7 Å². The van der Waals surface area contributed by atoms with Crippen molar-refractivity contribution >= 4 is 22.3 Å². The summed E-state index contributed by atoms with van der Waals surface area (Å²) in [7, 11) is 0. The molecule has 2 aromatic rings. The molecule has 0 atom stereocenters. The first-order chi connectivity index (χ1) is 10.8. The number of aromatic nitrogens is 4. The zero-order valence-corrected chi connectivity index (χ0v) is 13.6. The molecule has 1 aliphatic heterocycles. The van der Waals surface area contributed by atoms with Crippen LogP contribution >= 0.6 is 11.3 Å². The van der Waals surface area contributed by atoms with Gasteiger partial charge in [0.15, 0.2) is 0 Å². The summed E-state index contributed by atoms with van der Waals surface area (Å²) in [5, 5.41) is 10.5. The summed E-state index contributed by atoms with van der Waals surface area (Å²) >= 11 is 1.67. The van der Waals surface area contributed by atoms with Gasteiger partial charge >= 0.3 is 0 Å². The Hall–Kier alpha value is -1.76. The van der Waals surface area contributed by atoms with Crippen LogP contribution in [0.1, 0.15) is 29.1 Å². The van der Waals surface area contributed by atoms with E-state index in [1.165, 1.54) is 24.1 Å². The van der Waals surface area contributed by atoms with Crippen LogP contribution in [0.4, 0.5) is 10.9 Å². The van der Waals surface area contributed by atoms with Crippen molar-refractivity contribution in [1.29, 1.82) is 0 Å². The fraction of sp³-hybridized carbons (Fsp3) is 0.600. The summed E-state index contributed by atoms with van der Waals surface area (Å²) in [6, 6.07) is 0. The van der Waals surface area contributed by atoms with Crippen LogP contribution in [0.2, 0.25) is 0 Å². The Kier molecular flexibility index (Phi) is 3.65. The number of aryl methyl sites for hydroxylation is 2. The molecule has 0 saturated carbocycles. The van der Waals surface area contributed by atoms with Crippen molar-refractivity contribution in [3.63, 3.8) is 0 Å². The fourth-order valence-corrected chi connectivity index (χ4v) is 4.04. The highest BCUT2D eigenvalue weighted by Crippen LogP contribution is 2.28. The summed E-state index contributed by atoms with van der Waals surface area (Å²) in [6.45, 7) is 5.94. The molecule has 6 nitrogen and oxygen atoms in total. The average Bonchev–Trinajstić information content (AvgIpc) is 3.01. The normalized spacial score (nSPS) is 18.4. The predicted molar refractivity (Wildman–Crippen MR) is 87.7 cm³/mol. The third-order valence-corrected chi connectivity index (χ3v) is 5.37. The molecule has 0 amide bonds. The second-order valence-electron chi connectivity index (χ2n) is 5.91. The van der Waals surface area contributed by atoms with Crippen LogP contribution in [0.15, 0.2) is 6.33 Å². The monoisotopic (exact) mass is 316 g/mol. The smallest absolute Gasteiger partial charge is 0.208 e. The molecule has 1 saturated heterocycles. The van der Waals surface area contributed by atoms with Crippen LogP contribution < -0.4 is 9.80 Å². The van der Waals surface area contributed by atoms with Gasteiger partial charge in [-0.3, -0.25) is 0 Å². The van der Waals surface area contributed by atoms with E-state index in [0.29, 0.717) is 0 Å². The minimum absolute atomic E-state index is 0.980. The van der Waals surface area contributed by atoms with E-state index < -0.39 is 0 Å². The number of anilines is 2. The molecule has 0 spiro atoms. The number of piperazine rings is 1. The molecule has 0 bridgehead atoms. The summed E-state index contributed by atoms with van der Waals surface area (Å²) in [6.07, 6.45) is 6.49. The summed E-state index contributed by atoms with van der Waals surface area (Å²) in [5.41, 5.74) is 2.65. The van der Waals surface area contributed by atoms with Gasteiger partial charge in [0, 0.05) is 37.4 Å². The lowest BCUT2D eigenvalue weighted by Gasteiger charge is -2.36. The maximum atomic E-state index is 4.59. The summed E-state index contributed by atoms with van der Waals surface area (Å²) in [5.74, 6) is 1.16. The van der Waals surface area contributed by atoms with Gasteiger partial charge in [0.1, 0.15) is 17.2 Å². The molecular weight excluding hydrogens is 296 g/mol. The van der Waals surface area contributed by atoms with Crippen LogP contribution in [0.3, 0.4) is 0 Å². The topological polar surface area (TPSA) is 58.0 Å². The zero-order valence-electron chi connectivity index (χ0n) is 12.8. The maximum absolute atomic E-state index is 4.59. The van der Waals surface area contributed by atoms with Gasteiger partial charge in [-0.05, 0) is 32.6 Å². The molecule has 116 valence electrons. The molecule has 2 aromatic heterocycles. The second-order valence-corrected chi connectivity index (χ2v) is 7.07. The molecule has 1 aliphatic carbocycles. The molecule has 22 heavy (non-hydrogen) atoms. The van der Waals surface area contributed by atoms with E-state index >= 15 is 0 Å². The van der Waals surface area contributed by atoms with E-state index in [0.717, 1.165) is 55.0 Å². The first-order valence-corrected chi connectivity index (χ1v) is 8.75. The van der Waals surface area contributed by atoms with E-state index in [9.17, 15) is 0 Å². The maximum Gasteiger partial charge on any atom is 0.208 e. The highest BCUT2D eigenvalue weighted by molar-refractivity contribution is 7.15. The Labute approximate surface area is 134 Å². The fourth-order valence-electron chi connectivity index (χ4n) is 3.30. The van der Waals surface area contributed by atoms with E-state index in [-0.39, 0.29) is 0 Å². The lowest BCUT2D eigenvalue weighted by molar-refractivity contribution is 0.621. The predicted octanol–water partition coefficient (Wildman–Crippen LogP) is 1.84. The lowest BCUT2D eigenvalue weighted by atomic mass is 9.96. The third-order valence-electron chi connectivity index (χ3n) is 4.47. The van der Waals surface area contributed by atoms with Crippen molar-refractivity contribution in [2.75, 3.05) is 36.0 Å². The lowest BCUT2D eigenvalue weighted by Crippen LogP contribution is -2.47. The van der Waals surface area contributed by atoms with Gasteiger partial charge < -0.3 is 9.80 Å². The third kappa shape index (κ3) is 2.54. The van der Waals surface area contributed by atoms with Crippen molar-refractivity contribution < 1.29 is 0 Å². The Morgan fingerprint density at radius 1 is 0.955 bits per heavy atom. The molecule has 3 heterocycles. The molecule has 0 unspecified atom stereocenters. The second kappa shape index (κ2) is 5.79. The van der Waals surface area contributed by atoms with Crippen molar-refractivity contribution in [2.24, 2.45) is 0 Å². The number of hydrogen-bond acceptors (Lipinski definition) is 7. The number of fused-ring (bicyclic) bond motifs is 1. The largest absolute Gasteiger partial charge is 0.353 e. The summed E-state index contributed by atoms with van der Waals surface area (Å²) < 4.78 is 0. The SMILES string of the molecule is Cc1nnc(N2CCN(c3ncnc4c3CCCC4)CC2)s1. The van der Waals surface area contributed by atoms with Gasteiger partial charge in [0.25, 0.3) is 0 Å². The van der Waals surface area contributed by atoms with Gasteiger partial charge in [-0.2, -0.15) is 0 Å². The van der Waals surface area contributed by atoms with Gasteiger partial charge in [0.2, 0.25) is 5.13 Å². The molecule has 0 radical (unpaired) electrons. The number of rotatable bonds is 2. The molecule has 7 heteroatoms. The van der Waals surface area contributed by atoms with Gasteiger partial charge in [-0.15, -0.1) is 10.2 Å². The van der Waals surface area contributed by atoms with Gasteiger partial charge in [0.05, 0.1) is 0 Å². The standard InChI is InChI=1S/C15H20N6S/c1-11-18-19-15(22-11)21-8-6-20(7-9-21)14-12-4-2-3-5-13(12)16-10-17-14/h10H,2-9H2,1H3. The molecular formula is C15H20N6S. The Morgan fingerprint density at radius 3 is 2.50 bits per heavy atom. The zero-order chi connectivity index (χ0) is 14.9. The number of hydrogen-bond donors (Lipinski definition) is 0. The van der Waals surface area contributed by atoms with Crippen molar-refractivity contribution in [3.8, 4) is 0 Å². The highest BCUT2D eigenvalue weighted by Gasteiger charge is 2.24. The Balaban J connectivity index is 1.50. The molecule has 4 rings (SSSR count). The van der Waals surface area contributed by atoms with Crippen molar-refractivity contribution in [3.05, 3.63) is 22.6 Å². The summed E-state index contributed by atoms with van der Waals surface area (Å²) in [4.78, 5) is 13.8. The highest BCUT2D eigenvalue weighted by atomic mass is 32.1. The van der Waals surface area contributed by atoms with Crippen LogP contribution in [0.5, 0.6) is 0 Å². The van der Waals surface area contributed by atoms with Gasteiger partial charge in [-0.25, -0.2) is 9.97 Å². The minimum Gasteiger partial charge on any atom is -0.353 e. The van der Waals surface area contributed by atoms with E-state index in [4.69, 9.17) is 0 Å². The Morgan fingerprint density at radius 2 is 1.73 bits per heavy atom. The first kappa shape index (κ1) is 13.9. The minimum atomic E-state index is 0.980. The van der Waals surface area contributed by atoms with Crippen LogP contribution in [-0.2, 0) is 12.8 Å². The number of nitrogens with zero attached hydrogens (tertiary/aromatic N) is 6. The van der Waals surface area contributed by atoms with E-state index in [1.807, 2.05) is 6.92 Å². The first-order valence-electron chi connectivity index (χ1n) is 7.94. The Bertz CT molecular complexity index is 662.